The molecule has 0 bridgehead atoms. The molecule has 5 heteroatoms. The van der Waals surface area contributed by atoms with E-state index in [2.05, 4.69) is 6.92 Å². The Morgan fingerprint density at radius 2 is 2.29 bits per heavy atom. The Morgan fingerprint density at radius 1 is 1.59 bits per heavy atom. The Hall–Kier alpha value is -0.580. The fourth-order valence-electron chi connectivity index (χ4n) is 1.56. The van der Waals surface area contributed by atoms with Crippen LogP contribution < -0.4 is 5.73 Å². The van der Waals surface area contributed by atoms with E-state index in [0.29, 0.717) is 19.5 Å². The van der Waals surface area contributed by atoms with Gasteiger partial charge >= 0.3 is 0 Å². The van der Waals surface area contributed by atoms with Gasteiger partial charge in [-0.15, -0.1) is 11.3 Å². The molecule has 1 aromatic rings. The molecule has 17 heavy (non-hydrogen) atoms. The second kappa shape index (κ2) is 6.99. The molecule has 0 saturated carbocycles. The first-order valence-corrected chi connectivity index (χ1v) is 6.94. The van der Waals surface area contributed by atoms with Crippen molar-refractivity contribution in [1.82, 2.24) is 4.90 Å². The van der Waals surface area contributed by atoms with Crippen molar-refractivity contribution in [2.24, 2.45) is 11.7 Å². The second-order valence-electron chi connectivity index (χ2n) is 4.17. The van der Waals surface area contributed by atoms with Crippen molar-refractivity contribution in [2.75, 3.05) is 13.6 Å². The molecular weight excluding hydrogens is 256 g/mol. The zero-order valence-electron chi connectivity index (χ0n) is 10.3. The van der Waals surface area contributed by atoms with Crippen molar-refractivity contribution < 1.29 is 4.79 Å². The Labute approximate surface area is 112 Å². The topological polar surface area (TPSA) is 46.3 Å². The molecule has 0 aliphatic heterocycles. The fourth-order valence-corrected chi connectivity index (χ4v) is 2.70. The minimum absolute atomic E-state index is 0.145. The highest BCUT2D eigenvalue weighted by molar-refractivity contribution is 7.16. The molecule has 1 aromatic heterocycles. The summed E-state index contributed by atoms with van der Waals surface area (Å²) >= 11 is 7.36. The van der Waals surface area contributed by atoms with Crippen LogP contribution >= 0.6 is 22.9 Å². The molecule has 1 atom stereocenters. The van der Waals surface area contributed by atoms with E-state index in [4.69, 9.17) is 17.3 Å². The van der Waals surface area contributed by atoms with Crippen LogP contribution in [0.5, 0.6) is 0 Å². The summed E-state index contributed by atoms with van der Waals surface area (Å²) in [5.41, 5.74) is 5.60. The Kier molecular flexibility index (Phi) is 5.95. The van der Waals surface area contributed by atoms with E-state index < -0.39 is 0 Å². The van der Waals surface area contributed by atoms with Crippen LogP contribution in [0.15, 0.2) is 12.1 Å². The third-order valence-corrected chi connectivity index (χ3v) is 4.04. The fraction of sp³-hybridized carbons (Fsp3) is 0.583. The SMILES string of the molecule is CCC(CN)CC(=O)N(C)Cc1ccc(Cl)s1. The van der Waals surface area contributed by atoms with Gasteiger partial charge in [0.05, 0.1) is 10.9 Å². The van der Waals surface area contributed by atoms with E-state index >= 15 is 0 Å². The molecule has 1 rings (SSSR count). The van der Waals surface area contributed by atoms with Crippen LogP contribution in [0.4, 0.5) is 0 Å². The van der Waals surface area contributed by atoms with Gasteiger partial charge in [0.25, 0.3) is 0 Å². The summed E-state index contributed by atoms with van der Waals surface area (Å²) in [7, 11) is 1.82. The Balaban J connectivity index is 2.46. The monoisotopic (exact) mass is 274 g/mol. The molecule has 0 radical (unpaired) electrons. The smallest absolute Gasteiger partial charge is 0.222 e. The van der Waals surface area contributed by atoms with Crippen LogP contribution in [0.25, 0.3) is 0 Å². The molecule has 0 aliphatic rings. The molecular formula is C12H19ClN2OS. The number of carbonyl (C=O) groups is 1. The molecule has 0 aliphatic carbocycles. The maximum absolute atomic E-state index is 11.9. The number of hydrogen-bond acceptors (Lipinski definition) is 3. The highest BCUT2D eigenvalue weighted by Gasteiger charge is 2.15. The number of thiophene rings is 1. The minimum Gasteiger partial charge on any atom is -0.341 e. The summed E-state index contributed by atoms with van der Waals surface area (Å²) in [6, 6.07) is 3.81. The van der Waals surface area contributed by atoms with Crippen molar-refractivity contribution in [1.29, 1.82) is 0 Å². The number of nitrogens with two attached hydrogens (primary N) is 1. The Morgan fingerprint density at radius 3 is 2.76 bits per heavy atom. The van der Waals surface area contributed by atoms with Gasteiger partial charge in [-0.3, -0.25) is 4.79 Å². The van der Waals surface area contributed by atoms with Gasteiger partial charge in [-0.25, -0.2) is 0 Å². The standard InChI is InChI=1S/C12H19ClN2OS/c1-3-9(7-14)6-12(16)15(2)8-10-4-5-11(13)17-10/h4-5,9H,3,6-8,14H2,1-2H3. The number of carbonyl (C=O) groups excluding carboxylic acids is 1. The maximum atomic E-state index is 11.9. The van der Waals surface area contributed by atoms with Gasteiger partial charge in [-0.2, -0.15) is 0 Å². The first-order chi connectivity index (χ1) is 8.06. The number of nitrogens with zero attached hydrogens (tertiary/aromatic N) is 1. The molecule has 1 heterocycles. The van der Waals surface area contributed by atoms with Crippen LogP contribution in [-0.4, -0.2) is 24.4 Å². The predicted octanol–water partition coefficient (Wildman–Crippen LogP) is 2.73. The van der Waals surface area contributed by atoms with E-state index in [-0.39, 0.29) is 11.8 Å². The van der Waals surface area contributed by atoms with Gasteiger partial charge < -0.3 is 10.6 Å². The van der Waals surface area contributed by atoms with Crippen molar-refractivity contribution in [2.45, 2.75) is 26.3 Å². The lowest BCUT2D eigenvalue weighted by molar-refractivity contribution is -0.131. The highest BCUT2D eigenvalue weighted by atomic mass is 35.5. The molecule has 96 valence electrons. The second-order valence-corrected chi connectivity index (χ2v) is 5.97. The molecule has 3 nitrogen and oxygen atoms in total. The molecule has 0 aromatic carbocycles. The van der Waals surface area contributed by atoms with Crippen molar-refractivity contribution in [3.05, 3.63) is 21.3 Å². The van der Waals surface area contributed by atoms with Gasteiger partial charge in [0.15, 0.2) is 0 Å². The Bertz CT molecular complexity index is 363. The van der Waals surface area contributed by atoms with Crippen LogP contribution in [0.1, 0.15) is 24.6 Å². The number of halogens is 1. The largest absolute Gasteiger partial charge is 0.341 e. The third kappa shape index (κ3) is 4.66. The van der Waals surface area contributed by atoms with E-state index in [1.54, 1.807) is 4.90 Å². The van der Waals surface area contributed by atoms with E-state index in [1.165, 1.54) is 11.3 Å². The van der Waals surface area contributed by atoms with Gasteiger partial charge in [-0.05, 0) is 24.6 Å². The van der Waals surface area contributed by atoms with Crippen LogP contribution in [0, 0.1) is 5.92 Å². The highest BCUT2D eigenvalue weighted by Crippen LogP contribution is 2.22. The molecule has 0 spiro atoms. The lowest BCUT2D eigenvalue weighted by Crippen LogP contribution is -2.29. The molecule has 1 amide bonds. The summed E-state index contributed by atoms with van der Waals surface area (Å²) < 4.78 is 0.759. The van der Waals surface area contributed by atoms with E-state index in [9.17, 15) is 4.79 Å². The molecule has 1 unspecified atom stereocenters. The maximum Gasteiger partial charge on any atom is 0.222 e. The number of amides is 1. The number of rotatable bonds is 6. The van der Waals surface area contributed by atoms with Crippen molar-refractivity contribution in [3.8, 4) is 0 Å². The van der Waals surface area contributed by atoms with Crippen molar-refractivity contribution in [3.63, 3.8) is 0 Å². The van der Waals surface area contributed by atoms with Gasteiger partial charge in [-0.1, -0.05) is 24.9 Å². The average Bonchev–Trinajstić information content (AvgIpc) is 2.71. The minimum atomic E-state index is 0.145. The van der Waals surface area contributed by atoms with Crippen LogP contribution in [0.3, 0.4) is 0 Å². The molecule has 0 saturated heterocycles. The van der Waals surface area contributed by atoms with E-state index in [0.717, 1.165) is 15.6 Å². The quantitative estimate of drug-likeness (QED) is 0.867. The average molecular weight is 275 g/mol. The molecule has 2 N–H and O–H groups in total. The summed E-state index contributed by atoms with van der Waals surface area (Å²) in [5, 5.41) is 0. The lowest BCUT2D eigenvalue weighted by Gasteiger charge is -2.19. The summed E-state index contributed by atoms with van der Waals surface area (Å²) in [6.45, 7) is 3.25. The summed E-state index contributed by atoms with van der Waals surface area (Å²) in [4.78, 5) is 14.8. The van der Waals surface area contributed by atoms with Crippen LogP contribution in [-0.2, 0) is 11.3 Å². The predicted molar refractivity (Wildman–Crippen MR) is 73.3 cm³/mol. The zero-order chi connectivity index (χ0) is 12.8. The van der Waals surface area contributed by atoms with Gasteiger partial charge in [0.1, 0.15) is 0 Å². The third-order valence-electron chi connectivity index (χ3n) is 2.82. The van der Waals surface area contributed by atoms with Gasteiger partial charge in [0, 0.05) is 18.3 Å². The first-order valence-electron chi connectivity index (χ1n) is 5.75. The normalized spacial score (nSPS) is 12.5. The van der Waals surface area contributed by atoms with Gasteiger partial charge in [0.2, 0.25) is 5.91 Å². The molecule has 0 fully saturated rings. The summed E-state index contributed by atoms with van der Waals surface area (Å²) in [6.07, 6.45) is 1.48. The van der Waals surface area contributed by atoms with E-state index in [1.807, 2.05) is 19.2 Å². The van der Waals surface area contributed by atoms with Crippen molar-refractivity contribution >= 4 is 28.8 Å². The summed E-state index contributed by atoms with van der Waals surface area (Å²) in [5.74, 6) is 0.434. The number of hydrogen-bond donors (Lipinski definition) is 1. The van der Waals surface area contributed by atoms with Crippen LogP contribution in [0.2, 0.25) is 4.34 Å². The first kappa shape index (κ1) is 14.5. The zero-order valence-corrected chi connectivity index (χ0v) is 11.9. The lowest BCUT2D eigenvalue weighted by atomic mass is 10.0.